The summed E-state index contributed by atoms with van der Waals surface area (Å²) in [5.74, 6) is 0.971. The van der Waals surface area contributed by atoms with Crippen LogP contribution in [0.25, 0.3) is 0 Å². The highest BCUT2D eigenvalue weighted by molar-refractivity contribution is 4.73. The average Bonchev–Trinajstić information content (AvgIpc) is 1.77. The van der Waals surface area contributed by atoms with Gasteiger partial charge >= 0.3 is 0 Å². The zero-order valence-electron chi connectivity index (χ0n) is 7.71. The van der Waals surface area contributed by atoms with Gasteiger partial charge in [-0.25, -0.2) is 0 Å². The van der Waals surface area contributed by atoms with Gasteiger partial charge in [-0.2, -0.15) is 0 Å². The molecule has 0 spiro atoms. The lowest BCUT2D eigenvalue weighted by Crippen LogP contribution is -2.37. The van der Waals surface area contributed by atoms with Gasteiger partial charge in [-0.3, -0.25) is 0 Å². The van der Waals surface area contributed by atoms with Crippen molar-refractivity contribution in [3.8, 4) is 0 Å². The molecule has 11 heavy (non-hydrogen) atoms. The van der Waals surface area contributed by atoms with Crippen LogP contribution in [-0.4, -0.2) is 31.1 Å². The number of hydrogen-bond donors (Lipinski definition) is 1. The third-order valence-electron chi connectivity index (χ3n) is 2.39. The number of rotatable bonds is 4. The standard InChI is InChI=1S/C9H20N2/c1-8(10)6-11(2)7-9-4-3-5-9/h8-9H,3-7,10H2,1-2H3. The molecule has 2 N–H and O–H groups in total. The quantitative estimate of drug-likeness (QED) is 0.659. The average molecular weight is 156 g/mol. The molecule has 0 saturated heterocycles. The first-order chi connectivity index (χ1) is 5.18. The SMILES string of the molecule is CC(N)CN(C)CC1CCC1. The molecule has 1 aliphatic rings. The molecule has 0 aromatic heterocycles. The summed E-state index contributed by atoms with van der Waals surface area (Å²) in [5, 5.41) is 0. The maximum Gasteiger partial charge on any atom is 0.0139 e. The summed E-state index contributed by atoms with van der Waals surface area (Å²) in [6.45, 7) is 4.36. The molecule has 1 unspecified atom stereocenters. The van der Waals surface area contributed by atoms with E-state index in [0.29, 0.717) is 6.04 Å². The summed E-state index contributed by atoms with van der Waals surface area (Å²) < 4.78 is 0. The summed E-state index contributed by atoms with van der Waals surface area (Å²) in [4.78, 5) is 2.36. The lowest BCUT2D eigenvalue weighted by atomic mass is 9.85. The van der Waals surface area contributed by atoms with Gasteiger partial charge < -0.3 is 10.6 Å². The molecule has 2 heteroatoms. The van der Waals surface area contributed by atoms with Crippen LogP contribution in [0.1, 0.15) is 26.2 Å². The summed E-state index contributed by atoms with van der Waals surface area (Å²) >= 11 is 0. The second-order valence-corrected chi connectivity index (χ2v) is 4.00. The highest BCUT2D eigenvalue weighted by Gasteiger charge is 2.18. The molecule has 0 bridgehead atoms. The minimum atomic E-state index is 0.320. The van der Waals surface area contributed by atoms with Crippen molar-refractivity contribution in [2.24, 2.45) is 11.7 Å². The Morgan fingerprint density at radius 2 is 2.18 bits per heavy atom. The molecule has 1 saturated carbocycles. The van der Waals surface area contributed by atoms with Crippen molar-refractivity contribution < 1.29 is 0 Å². The van der Waals surface area contributed by atoms with Gasteiger partial charge in [0, 0.05) is 19.1 Å². The Labute approximate surface area is 69.8 Å². The Morgan fingerprint density at radius 1 is 1.55 bits per heavy atom. The van der Waals surface area contributed by atoms with Gasteiger partial charge in [-0.1, -0.05) is 6.42 Å². The smallest absolute Gasteiger partial charge is 0.0139 e. The highest BCUT2D eigenvalue weighted by Crippen LogP contribution is 2.26. The first kappa shape index (κ1) is 9.01. The monoisotopic (exact) mass is 156 g/mol. The third-order valence-corrected chi connectivity index (χ3v) is 2.39. The second kappa shape index (κ2) is 4.07. The van der Waals surface area contributed by atoms with Crippen molar-refractivity contribution in [2.45, 2.75) is 32.2 Å². The molecule has 0 heterocycles. The summed E-state index contributed by atoms with van der Waals surface area (Å²) in [5.41, 5.74) is 5.69. The van der Waals surface area contributed by atoms with Crippen LogP contribution in [-0.2, 0) is 0 Å². The van der Waals surface area contributed by atoms with E-state index in [4.69, 9.17) is 5.73 Å². The second-order valence-electron chi connectivity index (χ2n) is 4.00. The Hall–Kier alpha value is -0.0800. The van der Waals surface area contributed by atoms with Crippen LogP contribution in [0.15, 0.2) is 0 Å². The van der Waals surface area contributed by atoms with Gasteiger partial charge in [-0.05, 0) is 32.7 Å². The molecule has 0 aromatic rings. The van der Waals surface area contributed by atoms with Gasteiger partial charge in [0.05, 0.1) is 0 Å². The minimum absolute atomic E-state index is 0.320. The van der Waals surface area contributed by atoms with Gasteiger partial charge in [0.1, 0.15) is 0 Å². The molecule has 2 nitrogen and oxygen atoms in total. The van der Waals surface area contributed by atoms with Gasteiger partial charge in [0.2, 0.25) is 0 Å². The predicted molar refractivity (Wildman–Crippen MR) is 48.5 cm³/mol. The van der Waals surface area contributed by atoms with E-state index in [9.17, 15) is 0 Å². The normalized spacial score (nSPS) is 21.8. The van der Waals surface area contributed by atoms with E-state index >= 15 is 0 Å². The van der Waals surface area contributed by atoms with Crippen LogP contribution in [0.2, 0.25) is 0 Å². The minimum Gasteiger partial charge on any atom is -0.327 e. The van der Waals surface area contributed by atoms with E-state index in [2.05, 4.69) is 18.9 Å². The zero-order chi connectivity index (χ0) is 8.27. The highest BCUT2D eigenvalue weighted by atomic mass is 15.1. The molecule has 0 aliphatic heterocycles. The Morgan fingerprint density at radius 3 is 2.55 bits per heavy atom. The van der Waals surface area contributed by atoms with Gasteiger partial charge in [-0.15, -0.1) is 0 Å². The Balaban J connectivity index is 2.04. The molecule has 0 amide bonds. The van der Waals surface area contributed by atoms with E-state index in [0.717, 1.165) is 12.5 Å². The van der Waals surface area contributed by atoms with E-state index < -0.39 is 0 Å². The lowest BCUT2D eigenvalue weighted by molar-refractivity contribution is 0.200. The predicted octanol–water partition coefficient (Wildman–Crippen LogP) is 1.07. The number of nitrogens with two attached hydrogens (primary N) is 1. The molecule has 1 aliphatic carbocycles. The van der Waals surface area contributed by atoms with E-state index in [1.165, 1.54) is 25.8 Å². The summed E-state index contributed by atoms with van der Waals surface area (Å²) in [7, 11) is 2.17. The van der Waals surface area contributed by atoms with Crippen LogP contribution in [0.5, 0.6) is 0 Å². The van der Waals surface area contributed by atoms with E-state index in [1.54, 1.807) is 0 Å². The van der Waals surface area contributed by atoms with Crippen molar-refractivity contribution in [3.05, 3.63) is 0 Å². The molecular weight excluding hydrogens is 136 g/mol. The van der Waals surface area contributed by atoms with Gasteiger partial charge in [0.25, 0.3) is 0 Å². The fourth-order valence-electron chi connectivity index (χ4n) is 1.68. The van der Waals surface area contributed by atoms with E-state index in [1.807, 2.05) is 0 Å². The topological polar surface area (TPSA) is 29.3 Å². The fourth-order valence-corrected chi connectivity index (χ4v) is 1.68. The first-order valence-corrected chi connectivity index (χ1v) is 4.62. The van der Waals surface area contributed by atoms with Crippen LogP contribution < -0.4 is 5.73 Å². The molecule has 1 rings (SSSR count). The van der Waals surface area contributed by atoms with Gasteiger partial charge in [0.15, 0.2) is 0 Å². The Kier molecular flexibility index (Phi) is 3.34. The fraction of sp³-hybridized carbons (Fsp3) is 1.00. The third kappa shape index (κ3) is 3.21. The van der Waals surface area contributed by atoms with Crippen molar-refractivity contribution >= 4 is 0 Å². The summed E-state index contributed by atoms with van der Waals surface area (Å²) in [6.07, 6.45) is 4.31. The summed E-state index contributed by atoms with van der Waals surface area (Å²) in [6, 6.07) is 0.320. The largest absolute Gasteiger partial charge is 0.327 e. The molecular formula is C9H20N2. The lowest BCUT2D eigenvalue weighted by Gasteiger charge is -2.30. The first-order valence-electron chi connectivity index (χ1n) is 4.62. The van der Waals surface area contributed by atoms with Crippen molar-refractivity contribution in [1.82, 2.24) is 4.90 Å². The molecule has 0 radical (unpaired) electrons. The molecule has 66 valence electrons. The van der Waals surface area contributed by atoms with Crippen molar-refractivity contribution in [1.29, 1.82) is 0 Å². The van der Waals surface area contributed by atoms with Crippen LogP contribution in [0, 0.1) is 5.92 Å². The van der Waals surface area contributed by atoms with Crippen LogP contribution in [0.4, 0.5) is 0 Å². The number of hydrogen-bond acceptors (Lipinski definition) is 2. The maximum absolute atomic E-state index is 5.69. The van der Waals surface area contributed by atoms with Crippen molar-refractivity contribution in [2.75, 3.05) is 20.1 Å². The van der Waals surface area contributed by atoms with Crippen molar-refractivity contribution in [3.63, 3.8) is 0 Å². The zero-order valence-corrected chi connectivity index (χ0v) is 7.71. The number of likely N-dealkylation sites (N-methyl/N-ethyl adjacent to an activating group) is 1. The van der Waals surface area contributed by atoms with Crippen LogP contribution in [0.3, 0.4) is 0 Å². The molecule has 0 aromatic carbocycles. The number of nitrogens with zero attached hydrogens (tertiary/aromatic N) is 1. The molecule has 1 fully saturated rings. The van der Waals surface area contributed by atoms with E-state index in [-0.39, 0.29) is 0 Å². The molecule has 1 atom stereocenters. The Bertz CT molecular complexity index is 108. The maximum atomic E-state index is 5.69. The van der Waals surface area contributed by atoms with Crippen LogP contribution >= 0.6 is 0 Å².